The fourth-order valence-corrected chi connectivity index (χ4v) is 2.15. The molecule has 2 atom stereocenters. The van der Waals surface area contributed by atoms with Crippen molar-refractivity contribution < 1.29 is 19.8 Å². The molecule has 0 aliphatic carbocycles. The second-order valence-electron chi connectivity index (χ2n) is 4.72. The zero-order valence-electron chi connectivity index (χ0n) is 10.8. The lowest BCUT2D eigenvalue weighted by atomic mass is 10.1. The number of imide groups is 1. The van der Waals surface area contributed by atoms with E-state index in [0.717, 1.165) is 4.90 Å². The summed E-state index contributed by atoms with van der Waals surface area (Å²) in [6.45, 7) is 1.80. The predicted molar refractivity (Wildman–Crippen MR) is 67.5 cm³/mol. The first-order valence-electron chi connectivity index (χ1n) is 5.98. The van der Waals surface area contributed by atoms with Gasteiger partial charge in [-0.05, 0) is 24.6 Å². The van der Waals surface area contributed by atoms with Crippen LogP contribution in [-0.2, 0) is 9.59 Å². The van der Waals surface area contributed by atoms with Gasteiger partial charge in [-0.2, -0.15) is 0 Å². The number of benzene rings is 1. The van der Waals surface area contributed by atoms with Crippen molar-refractivity contribution in [1.82, 2.24) is 10.2 Å². The van der Waals surface area contributed by atoms with Gasteiger partial charge in [0.15, 0.2) is 0 Å². The average molecular weight is 264 g/mol. The SMILES string of the molecule is CC(NC1CC(=O)N(C)C1=O)c1cc(O)cc(O)c1. The standard InChI is InChI=1S/C13H16N2O4/c1-7(8-3-9(16)5-10(17)4-8)14-11-6-12(18)15(2)13(11)19/h3-5,7,11,14,16-17H,6H2,1-2H3. The molecular formula is C13H16N2O4. The number of nitrogens with zero attached hydrogens (tertiary/aromatic N) is 1. The zero-order chi connectivity index (χ0) is 14.2. The number of likely N-dealkylation sites (tertiary alicyclic amines) is 1. The first-order valence-corrected chi connectivity index (χ1v) is 5.98. The van der Waals surface area contributed by atoms with Crippen LogP contribution in [0.2, 0.25) is 0 Å². The number of nitrogens with one attached hydrogen (secondary N) is 1. The van der Waals surface area contributed by atoms with Gasteiger partial charge in [0.2, 0.25) is 11.8 Å². The van der Waals surface area contributed by atoms with Crippen LogP contribution in [0.3, 0.4) is 0 Å². The molecule has 1 saturated heterocycles. The van der Waals surface area contributed by atoms with Crippen molar-refractivity contribution in [3.8, 4) is 11.5 Å². The Labute approximate surface area is 110 Å². The molecular weight excluding hydrogens is 248 g/mol. The molecule has 6 heteroatoms. The predicted octanol–water partition coefficient (Wildman–Crippen LogP) is 0.506. The fourth-order valence-electron chi connectivity index (χ4n) is 2.15. The largest absolute Gasteiger partial charge is 0.508 e. The Kier molecular flexibility index (Phi) is 3.44. The van der Waals surface area contributed by atoms with Gasteiger partial charge in [0, 0.05) is 19.2 Å². The average Bonchev–Trinajstić information content (AvgIpc) is 2.56. The van der Waals surface area contributed by atoms with Crippen molar-refractivity contribution in [2.24, 2.45) is 0 Å². The minimum atomic E-state index is -0.558. The molecule has 0 spiro atoms. The molecule has 0 aromatic heterocycles. The summed E-state index contributed by atoms with van der Waals surface area (Å²) in [5.74, 6) is -0.570. The number of carbonyl (C=O) groups excluding carboxylic acids is 2. The normalized spacial score (nSPS) is 20.9. The summed E-state index contributed by atoms with van der Waals surface area (Å²) in [7, 11) is 1.46. The summed E-state index contributed by atoms with van der Waals surface area (Å²) in [5, 5.41) is 21.9. The van der Waals surface area contributed by atoms with Gasteiger partial charge in [-0.15, -0.1) is 0 Å². The fraction of sp³-hybridized carbons (Fsp3) is 0.385. The summed E-state index contributed by atoms with van der Waals surface area (Å²) < 4.78 is 0. The Hall–Kier alpha value is -2.08. The number of phenolic OH excluding ortho intramolecular Hbond substituents is 2. The molecule has 1 fully saturated rings. The third kappa shape index (κ3) is 2.68. The van der Waals surface area contributed by atoms with Crippen LogP contribution in [0.25, 0.3) is 0 Å². The van der Waals surface area contributed by atoms with E-state index in [1.54, 1.807) is 6.92 Å². The molecule has 6 nitrogen and oxygen atoms in total. The second-order valence-corrected chi connectivity index (χ2v) is 4.72. The lowest BCUT2D eigenvalue weighted by Crippen LogP contribution is -2.38. The van der Waals surface area contributed by atoms with E-state index >= 15 is 0 Å². The molecule has 3 N–H and O–H groups in total. The van der Waals surface area contributed by atoms with Gasteiger partial charge in [0.05, 0.1) is 12.5 Å². The minimum absolute atomic E-state index is 0.0467. The highest BCUT2D eigenvalue weighted by atomic mass is 16.3. The number of phenols is 2. The summed E-state index contributed by atoms with van der Waals surface area (Å²) in [5.41, 5.74) is 0.646. The molecule has 0 bridgehead atoms. The molecule has 19 heavy (non-hydrogen) atoms. The van der Waals surface area contributed by atoms with Crippen LogP contribution in [0.1, 0.15) is 24.9 Å². The molecule has 0 saturated carbocycles. The summed E-state index contributed by atoms with van der Waals surface area (Å²) >= 11 is 0. The van der Waals surface area contributed by atoms with Crippen LogP contribution in [0.15, 0.2) is 18.2 Å². The highest BCUT2D eigenvalue weighted by Crippen LogP contribution is 2.25. The maximum absolute atomic E-state index is 11.8. The molecule has 0 radical (unpaired) electrons. The lowest BCUT2D eigenvalue weighted by Gasteiger charge is -2.18. The zero-order valence-corrected chi connectivity index (χ0v) is 10.8. The van der Waals surface area contributed by atoms with Crippen LogP contribution < -0.4 is 5.32 Å². The summed E-state index contributed by atoms with van der Waals surface area (Å²) in [6, 6.07) is 3.40. The smallest absolute Gasteiger partial charge is 0.246 e. The van der Waals surface area contributed by atoms with E-state index in [9.17, 15) is 19.8 Å². The van der Waals surface area contributed by atoms with Gasteiger partial charge in [-0.1, -0.05) is 0 Å². The Morgan fingerprint density at radius 1 is 1.26 bits per heavy atom. The highest BCUT2D eigenvalue weighted by molar-refractivity contribution is 6.05. The maximum Gasteiger partial charge on any atom is 0.246 e. The Bertz CT molecular complexity index is 509. The van der Waals surface area contributed by atoms with Crippen molar-refractivity contribution in [2.45, 2.75) is 25.4 Å². The molecule has 1 aromatic carbocycles. The summed E-state index contributed by atoms with van der Waals surface area (Å²) in [6.07, 6.45) is 0.129. The highest BCUT2D eigenvalue weighted by Gasteiger charge is 2.36. The molecule has 102 valence electrons. The van der Waals surface area contributed by atoms with Crippen LogP contribution in [0.4, 0.5) is 0 Å². The number of hydrogen-bond donors (Lipinski definition) is 3. The first-order chi connectivity index (χ1) is 8.88. The van der Waals surface area contributed by atoms with Crippen LogP contribution >= 0.6 is 0 Å². The van der Waals surface area contributed by atoms with Crippen molar-refractivity contribution in [1.29, 1.82) is 0 Å². The Morgan fingerprint density at radius 2 is 1.84 bits per heavy atom. The monoisotopic (exact) mass is 264 g/mol. The van der Waals surface area contributed by atoms with E-state index in [2.05, 4.69) is 5.32 Å². The lowest BCUT2D eigenvalue weighted by molar-refractivity contribution is -0.137. The van der Waals surface area contributed by atoms with Crippen molar-refractivity contribution in [3.63, 3.8) is 0 Å². The van der Waals surface area contributed by atoms with Gasteiger partial charge in [0.25, 0.3) is 0 Å². The topological polar surface area (TPSA) is 89.9 Å². The van der Waals surface area contributed by atoms with Gasteiger partial charge >= 0.3 is 0 Å². The number of aromatic hydroxyl groups is 2. The minimum Gasteiger partial charge on any atom is -0.508 e. The number of likely N-dealkylation sites (N-methyl/N-ethyl adjacent to an activating group) is 1. The number of carbonyl (C=O) groups is 2. The third-order valence-electron chi connectivity index (χ3n) is 3.26. The molecule has 1 heterocycles. The van der Waals surface area contributed by atoms with E-state index in [0.29, 0.717) is 5.56 Å². The molecule has 2 rings (SSSR count). The third-order valence-corrected chi connectivity index (χ3v) is 3.26. The van der Waals surface area contributed by atoms with E-state index < -0.39 is 6.04 Å². The van der Waals surface area contributed by atoms with Crippen molar-refractivity contribution in [3.05, 3.63) is 23.8 Å². The van der Waals surface area contributed by atoms with Gasteiger partial charge in [-0.3, -0.25) is 19.8 Å². The van der Waals surface area contributed by atoms with E-state index in [1.165, 1.54) is 25.2 Å². The Balaban J connectivity index is 2.11. The molecule has 1 aliphatic heterocycles. The second kappa shape index (κ2) is 4.89. The van der Waals surface area contributed by atoms with Crippen molar-refractivity contribution in [2.75, 3.05) is 7.05 Å². The number of amides is 2. The number of rotatable bonds is 3. The maximum atomic E-state index is 11.8. The van der Waals surface area contributed by atoms with E-state index in [1.807, 2.05) is 0 Å². The molecule has 1 aromatic rings. The first kappa shape index (κ1) is 13.4. The van der Waals surface area contributed by atoms with Crippen LogP contribution in [0.5, 0.6) is 11.5 Å². The molecule has 1 aliphatic rings. The van der Waals surface area contributed by atoms with Crippen LogP contribution in [-0.4, -0.2) is 40.0 Å². The quantitative estimate of drug-likeness (QED) is 0.692. The Morgan fingerprint density at radius 3 is 2.32 bits per heavy atom. The van der Waals surface area contributed by atoms with Crippen LogP contribution in [0, 0.1) is 0 Å². The van der Waals surface area contributed by atoms with Gasteiger partial charge in [0.1, 0.15) is 11.5 Å². The van der Waals surface area contributed by atoms with E-state index in [4.69, 9.17) is 0 Å². The number of hydrogen-bond acceptors (Lipinski definition) is 5. The summed E-state index contributed by atoms with van der Waals surface area (Å²) in [4.78, 5) is 24.3. The van der Waals surface area contributed by atoms with Gasteiger partial charge < -0.3 is 10.2 Å². The molecule has 2 unspecified atom stereocenters. The van der Waals surface area contributed by atoms with Crippen molar-refractivity contribution >= 4 is 11.8 Å². The van der Waals surface area contributed by atoms with E-state index in [-0.39, 0.29) is 35.8 Å². The molecule has 2 amide bonds. The van der Waals surface area contributed by atoms with Gasteiger partial charge in [-0.25, -0.2) is 0 Å².